The lowest BCUT2D eigenvalue weighted by molar-refractivity contribution is 0.475. The number of hydrogen-bond acceptors (Lipinski definition) is 4. The fourth-order valence-corrected chi connectivity index (χ4v) is 5.42. The third-order valence-electron chi connectivity index (χ3n) is 5.74. The van der Waals surface area contributed by atoms with Crippen molar-refractivity contribution in [2.45, 2.75) is 38.6 Å². The lowest BCUT2D eigenvalue weighted by atomic mass is 9.97. The smallest absolute Gasteiger partial charge is 0.262 e. The molecule has 2 heterocycles. The first kappa shape index (κ1) is 19.0. The molecule has 2 aromatic heterocycles. The van der Waals surface area contributed by atoms with Crippen LogP contribution in [0.4, 0.5) is 4.39 Å². The van der Waals surface area contributed by atoms with Crippen LogP contribution in [-0.4, -0.2) is 14.7 Å². The van der Waals surface area contributed by atoms with Crippen LogP contribution in [-0.2, 0) is 25.8 Å². The summed E-state index contributed by atoms with van der Waals surface area (Å²) in [6, 6.07) is 13.2. The van der Waals surface area contributed by atoms with Gasteiger partial charge in [0.15, 0.2) is 0 Å². The standard InChI is InChI=1S/C24H21FN2O2S/c25-17-9-7-16(8-10-17)22-26-23-21(19-3-1-2-4-20(19)30-23)24(29)27(22)14-13-15-5-11-18(28)12-6-15/h5-12,28H,1-4,13-14H2. The summed E-state index contributed by atoms with van der Waals surface area (Å²) in [4.78, 5) is 20.6. The van der Waals surface area contributed by atoms with Gasteiger partial charge in [-0.3, -0.25) is 9.36 Å². The van der Waals surface area contributed by atoms with E-state index in [1.54, 1.807) is 40.2 Å². The molecule has 5 rings (SSSR count). The lowest BCUT2D eigenvalue weighted by Gasteiger charge is -2.14. The molecule has 6 heteroatoms. The van der Waals surface area contributed by atoms with Crippen LogP contribution >= 0.6 is 11.3 Å². The molecule has 0 unspecified atom stereocenters. The summed E-state index contributed by atoms with van der Waals surface area (Å²) in [5.74, 6) is 0.477. The molecule has 0 fully saturated rings. The highest BCUT2D eigenvalue weighted by atomic mass is 32.1. The van der Waals surface area contributed by atoms with Crippen LogP contribution in [0.5, 0.6) is 5.75 Å². The van der Waals surface area contributed by atoms with E-state index in [1.165, 1.54) is 22.6 Å². The fourth-order valence-electron chi connectivity index (χ4n) is 4.17. The monoisotopic (exact) mass is 420 g/mol. The van der Waals surface area contributed by atoms with Crippen LogP contribution in [0.25, 0.3) is 21.6 Å². The average Bonchev–Trinajstić information content (AvgIpc) is 3.13. The van der Waals surface area contributed by atoms with Gasteiger partial charge in [0, 0.05) is 17.0 Å². The van der Waals surface area contributed by atoms with Gasteiger partial charge in [0.2, 0.25) is 0 Å². The minimum atomic E-state index is -0.315. The van der Waals surface area contributed by atoms with Crippen molar-refractivity contribution < 1.29 is 9.50 Å². The second-order valence-electron chi connectivity index (χ2n) is 7.71. The van der Waals surface area contributed by atoms with Crippen LogP contribution < -0.4 is 5.56 Å². The van der Waals surface area contributed by atoms with Crippen molar-refractivity contribution >= 4 is 21.6 Å². The Labute approximate surface area is 177 Å². The molecule has 1 N–H and O–H groups in total. The van der Waals surface area contributed by atoms with Crippen molar-refractivity contribution in [2.75, 3.05) is 0 Å². The van der Waals surface area contributed by atoms with Crippen LogP contribution in [0, 0.1) is 5.82 Å². The first-order valence-electron chi connectivity index (χ1n) is 10.2. The molecule has 0 aliphatic heterocycles. The lowest BCUT2D eigenvalue weighted by Crippen LogP contribution is -2.25. The number of aromatic nitrogens is 2. The van der Waals surface area contributed by atoms with E-state index >= 15 is 0 Å². The predicted octanol–water partition coefficient (Wildman–Crippen LogP) is 5.09. The summed E-state index contributed by atoms with van der Waals surface area (Å²) in [5.41, 5.74) is 2.91. The summed E-state index contributed by atoms with van der Waals surface area (Å²) in [5, 5.41) is 10.3. The number of phenolic OH excluding ortho intramolecular Hbond substituents is 1. The number of phenols is 1. The van der Waals surface area contributed by atoms with Gasteiger partial charge in [0.05, 0.1) is 5.39 Å². The van der Waals surface area contributed by atoms with Crippen molar-refractivity contribution in [1.82, 2.24) is 9.55 Å². The number of thiophene rings is 1. The van der Waals surface area contributed by atoms with Crippen molar-refractivity contribution in [3.63, 3.8) is 0 Å². The second-order valence-corrected chi connectivity index (χ2v) is 8.79. The molecule has 0 saturated carbocycles. The van der Waals surface area contributed by atoms with Gasteiger partial charge in [-0.2, -0.15) is 0 Å². The van der Waals surface area contributed by atoms with E-state index in [0.717, 1.165) is 47.0 Å². The summed E-state index contributed by atoms with van der Waals surface area (Å²) in [6.07, 6.45) is 4.83. The maximum atomic E-state index is 13.6. The number of fused-ring (bicyclic) bond motifs is 3. The number of nitrogens with zero attached hydrogens (tertiary/aromatic N) is 2. The third-order valence-corrected chi connectivity index (χ3v) is 6.92. The zero-order chi connectivity index (χ0) is 20.7. The molecular weight excluding hydrogens is 399 g/mol. The van der Waals surface area contributed by atoms with Gasteiger partial charge in [-0.05, 0) is 79.6 Å². The topological polar surface area (TPSA) is 55.1 Å². The van der Waals surface area contributed by atoms with Crippen LogP contribution in [0.1, 0.15) is 28.8 Å². The normalized spacial score (nSPS) is 13.5. The van der Waals surface area contributed by atoms with Crippen LogP contribution in [0.15, 0.2) is 53.3 Å². The Hall–Kier alpha value is -2.99. The molecule has 152 valence electrons. The highest BCUT2D eigenvalue weighted by molar-refractivity contribution is 7.18. The number of halogens is 1. The highest BCUT2D eigenvalue weighted by Gasteiger charge is 2.22. The molecule has 0 spiro atoms. The molecule has 0 radical (unpaired) electrons. The minimum absolute atomic E-state index is 0.0162. The molecule has 30 heavy (non-hydrogen) atoms. The van der Waals surface area contributed by atoms with Gasteiger partial charge in [-0.25, -0.2) is 9.37 Å². The molecule has 0 bridgehead atoms. The maximum Gasteiger partial charge on any atom is 0.262 e. The van der Waals surface area contributed by atoms with Gasteiger partial charge in [-0.15, -0.1) is 11.3 Å². The summed E-state index contributed by atoms with van der Waals surface area (Å²) < 4.78 is 15.2. The number of hydrogen-bond donors (Lipinski definition) is 1. The Morgan fingerprint density at radius 2 is 1.77 bits per heavy atom. The van der Waals surface area contributed by atoms with Gasteiger partial charge < -0.3 is 5.11 Å². The quantitative estimate of drug-likeness (QED) is 0.500. The van der Waals surface area contributed by atoms with E-state index in [2.05, 4.69) is 0 Å². The average molecular weight is 421 g/mol. The molecule has 0 atom stereocenters. The van der Waals surface area contributed by atoms with Gasteiger partial charge >= 0.3 is 0 Å². The summed E-state index contributed by atoms with van der Waals surface area (Å²) in [6.45, 7) is 0.462. The molecule has 2 aromatic carbocycles. The first-order valence-corrected chi connectivity index (χ1v) is 11.0. The Morgan fingerprint density at radius 3 is 2.53 bits per heavy atom. The van der Waals surface area contributed by atoms with Gasteiger partial charge in [0.25, 0.3) is 5.56 Å². The van der Waals surface area contributed by atoms with E-state index in [-0.39, 0.29) is 17.1 Å². The highest BCUT2D eigenvalue weighted by Crippen LogP contribution is 2.35. The van der Waals surface area contributed by atoms with Crippen LogP contribution in [0.2, 0.25) is 0 Å². The number of aromatic hydroxyl groups is 1. The molecule has 4 aromatic rings. The second kappa shape index (κ2) is 7.69. The van der Waals surface area contributed by atoms with Crippen molar-refractivity contribution in [2.24, 2.45) is 0 Å². The molecule has 1 aliphatic carbocycles. The van der Waals surface area contributed by atoms with Crippen molar-refractivity contribution in [1.29, 1.82) is 0 Å². The molecule has 0 saturated heterocycles. The SMILES string of the molecule is O=c1c2c3c(sc2nc(-c2ccc(F)cc2)n1CCc1ccc(O)cc1)CCCC3. The Morgan fingerprint density at radius 1 is 1.03 bits per heavy atom. The predicted molar refractivity (Wildman–Crippen MR) is 118 cm³/mol. The fraction of sp³-hybridized carbons (Fsp3) is 0.250. The van der Waals surface area contributed by atoms with Crippen LogP contribution in [0.3, 0.4) is 0 Å². The van der Waals surface area contributed by atoms with E-state index in [1.807, 2.05) is 12.1 Å². The minimum Gasteiger partial charge on any atom is -0.508 e. The molecule has 0 amide bonds. The van der Waals surface area contributed by atoms with Gasteiger partial charge in [-0.1, -0.05) is 12.1 Å². The van der Waals surface area contributed by atoms with E-state index in [0.29, 0.717) is 18.8 Å². The largest absolute Gasteiger partial charge is 0.508 e. The Balaban J connectivity index is 1.65. The van der Waals surface area contributed by atoms with E-state index in [4.69, 9.17) is 4.98 Å². The number of aryl methyl sites for hydroxylation is 3. The molecular formula is C24H21FN2O2S. The first-order chi connectivity index (χ1) is 14.6. The van der Waals surface area contributed by atoms with Crippen molar-refractivity contribution in [3.05, 3.63) is 80.7 Å². The Kier molecular flexibility index (Phi) is 4.87. The van der Waals surface area contributed by atoms with E-state index in [9.17, 15) is 14.3 Å². The zero-order valence-electron chi connectivity index (χ0n) is 16.4. The van der Waals surface area contributed by atoms with Crippen molar-refractivity contribution in [3.8, 4) is 17.1 Å². The van der Waals surface area contributed by atoms with E-state index < -0.39 is 0 Å². The number of rotatable bonds is 4. The van der Waals surface area contributed by atoms with Gasteiger partial charge in [0.1, 0.15) is 22.2 Å². The molecule has 4 nitrogen and oxygen atoms in total. The Bertz CT molecular complexity index is 1270. The zero-order valence-corrected chi connectivity index (χ0v) is 17.2. The third kappa shape index (κ3) is 3.41. The molecule has 1 aliphatic rings. The maximum absolute atomic E-state index is 13.6. The summed E-state index contributed by atoms with van der Waals surface area (Å²) >= 11 is 1.62. The summed E-state index contributed by atoms with van der Waals surface area (Å²) in [7, 11) is 0. The number of benzene rings is 2.